The summed E-state index contributed by atoms with van der Waals surface area (Å²) < 4.78 is 1.16. The van der Waals surface area contributed by atoms with Gasteiger partial charge in [-0.1, -0.05) is 34.1 Å². The summed E-state index contributed by atoms with van der Waals surface area (Å²) in [5.41, 5.74) is 14.8. The second kappa shape index (κ2) is 9.04. The molecular weight excluding hydrogens is 476 g/mol. The Labute approximate surface area is 202 Å². The number of halogens is 1. The molecule has 2 aliphatic rings. The highest BCUT2D eigenvalue weighted by Gasteiger charge is 2.26. The summed E-state index contributed by atoms with van der Waals surface area (Å²) >= 11 is 3.59. The van der Waals surface area contributed by atoms with E-state index in [1.54, 1.807) is 6.07 Å². The number of nitrogen functional groups attached to an aromatic ring is 1. The molecule has 0 aliphatic carbocycles. The van der Waals surface area contributed by atoms with Gasteiger partial charge in [-0.3, -0.25) is 9.69 Å². The number of fused-ring (bicyclic) bond motifs is 2. The van der Waals surface area contributed by atoms with Crippen LogP contribution in [0, 0.1) is 0 Å². The quantitative estimate of drug-likeness (QED) is 0.328. The van der Waals surface area contributed by atoms with Crippen molar-refractivity contribution in [2.24, 2.45) is 0 Å². The first kappa shape index (κ1) is 21.7. The molecule has 2 heterocycles. The first-order valence-electron chi connectivity index (χ1n) is 11.2. The van der Waals surface area contributed by atoms with E-state index < -0.39 is 0 Å². The fourth-order valence-corrected chi connectivity index (χ4v) is 5.09. The molecule has 4 N–H and O–H groups in total. The minimum absolute atomic E-state index is 0.105. The zero-order valence-electron chi connectivity index (χ0n) is 18.6. The molecule has 0 fully saturated rings. The molecule has 3 aromatic rings. The van der Waals surface area contributed by atoms with E-state index in [1.807, 2.05) is 19.1 Å². The van der Waals surface area contributed by atoms with Gasteiger partial charge in [0.15, 0.2) is 0 Å². The Morgan fingerprint density at radius 2 is 1.79 bits per heavy atom. The molecule has 5 nitrogen and oxygen atoms in total. The summed E-state index contributed by atoms with van der Waals surface area (Å²) in [6, 6.07) is 20.6. The molecule has 1 amide bonds. The standard InChI is InChI=1S/C27H27BrN4O/c1-17(26-24-15-22(29)6-9-25(24)31-27(26)33)30-23-7-2-18(3-8-23)16-32-12-10-19-4-5-21(28)14-20(19)11-13-32/h2-9,14-15,30H,10-13,16,29H2,1H3,(H,31,33). The number of rotatable bonds is 4. The fourth-order valence-electron chi connectivity index (χ4n) is 4.69. The van der Waals surface area contributed by atoms with E-state index in [1.165, 1.54) is 16.7 Å². The van der Waals surface area contributed by atoms with Gasteiger partial charge in [-0.05, 0) is 78.9 Å². The molecule has 168 valence electrons. The average molecular weight is 503 g/mol. The monoisotopic (exact) mass is 502 g/mol. The number of benzene rings is 3. The van der Waals surface area contributed by atoms with Gasteiger partial charge < -0.3 is 16.4 Å². The number of hydrogen-bond acceptors (Lipinski definition) is 4. The van der Waals surface area contributed by atoms with E-state index in [0.717, 1.165) is 59.6 Å². The number of carbonyl (C=O) groups excluding carboxylic acids is 1. The molecule has 0 bridgehead atoms. The lowest BCUT2D eigenvalue weighted by atomic mass is 10.0. The molecule has 5 rings (SSSR count). The summed E-state index contributed by atoms with van der Waals surface area (Å²) in [5, 5.41) is 6.30. The van der Waals surface area contributed by atoms with E-state index in [4.69, 9.17) is 5.73 Å². The number of nitrogens with one attached hydrogen (secondary N) is 2. The predicted octanol–water partition coefficient (Wildman–Crippen LogP) is 5.43. The van der Waals surface area contributed by atoms with Crippen LogP contribution in [-0.2, 0) is 24.2 Å². The van der Waals surface area contributed by atoms with Crippen LogP contribution < -0.4 is 16.4 Å². The Kier molecular flexibility index (Phi) is 5.96. The fraction of sp³-hybridized carbons (Fsp3) is 0.222. The number of nitrogens with zero attached hydrogens (tertiary/aromatic N) is 1. The van der Waals surface area contributed by atoms with Crippen LogP contribution in [0.4, 0.5) is 17.1 Å². The van der Waals surface area contributed by atoms with Crippen molar-refractivity contribution in [3.8, 4) is 0 Å². The summed E-state index contributed by atoms with van der Waals surface area (Å²) in [6.07, 6.45) is 2.16. The Morgan fingerprint density at radius 3 is 2.58 bits per heavy atom. The normalized spacial score (nSPS) is 17.1. The molecule has 0 radical (unpaired) electrons. The molecule has 0 unspecified atom stereocenters. The second-order valence-electron chi connectivity index (χ2n) is 8.77. The summed E-state index contributed by atoms with van der Waals surface area (Å²) in [4.78, 5) is 15.0. The molecule has 0 saturated carbocycles. The van der Waals surface area contributed by atoms with Crippen LogP contribution in [0.15, 0.2) is 70.8 Å². The van der Waals surface area contributed by atoms with Crippen molar-refractivity contribution in [3.63, 3.8) is 0 Å². The lowest BCUT2D eigenvalue weighted by Gasteiger charge is -2.20. The Hall–Kier alpha value is -3.09. The smallest absolute Gasteiger partial charge is 0.258 e. The topological polar surface area (TPSA) is 70.4 Å². The molecule has 6 heteroatoms. The Morgan fingerprint density at radius 1 is 1.03 bits per heavy atom. The van der Waals surface area contributed by atoms with Crippen LogP contribution in [0.1, 0.15) is 29.2 Å². The Bertz CT molecular complexity index is 1250. The summed E-state index contributed by atoms with van der Waals surface area (Å²) in [5.74, 6) is -0.105. The van der Waals surface area contributed by atoms with Gasteiger partial charge in [-0.2, -0.15) is 0 Å². The van der Waals surface area contributed by atoms with Gasteiger partial charge in [0.05, 0.1) is 5.57 Å². The molecule has 3 aromatic carbocycles. The third kappa shape index (κ3) is 4.68. The lowest BCUT2D eigenvalue weighted by molar-refractivity contribution is -0.110. The van der Waals surface area contributed by atoms with Crippen molar-refractivity contribution >= 4 is 44.5 Å². The van der Waals surface area contributed by atoms with E-state index in [9.17, 15) is 4.79 Å². The number of amides is 1. The SMILES string of the molecule is CC(Nc1ccc(CN2CCc3ccc(Br)cc3CC2)cc1)=C1C(=O)Nc2ccc(N)cc21. The number of anilines is 3. The lowest BCUT2D eigenvalue weighted by Crippen LogP contribution is -2.25. The zero-order chi connectivity index (χ0) is 22.9. The Balaban J connectivity index is 1.26. The highest BCUT2D eigenvalue weighted by molar-refractivity contribution is 9.10. The van der Waals surface area contributed by atoms with E-state index in [0.29, 0.717) is 11.3 Å². The van der Waals surface area contributed by atoms with Crippen molar-refractivity contribution in [3.05, 3.63) is 93.1 Å². The van der Waals surface area contributed by atoms with E-state index in [2.05, 4.69) is 73.9 Å². The zero-order valence-corrected chi connectivity index (χ0v) is 20.2. The average Bonchev–Trinajstić information content (AvgIpc) is 2.99. The maximum atomic E-state index is 12.5. The minimum atomic E-state index is -0.105. The minimum Gasteiger partial charge on any atom is -0.399 e. The van der Waals surface area contributed by atoms with Crippen LogP contribution in [0.3, 0.4) is 0 Å². The molecule has 0 atom stereocenters. The van der Waals surface area contributed by atoms with Crippen LogP contribution in [0.5, 0.6) is 0 Å². The van der Waals surface area contributed by atoms with Gasteiger partial charge in [-0.15, -0.1) is 0 Å². The highest BCUT2D eigenvalue weighted by Crippen LogP contribution is 2.35. The van der Waals surface area contributed by atoms with Crippen LogP contribution in [0.2, 0.25) is 0 Å². The van der Waals surface area contributed by atoms with Crippen LogP contribution in [0.25, 0.3) is 5.57 Å². The van der Waals surface area contributed by atoms with Gasteiger partial charge in [-0.25, -0.2) is 0 Å². The maximum absolute atomic E-state index is 12.5. The molecule has 2 aliphatic heterocycles. The van der Waals surface area contributed by atoms with Gasteiger partial charge in [0.2, 0.25) is 0 Å². The highest BCUT2D eigenvalue weighted by atomic mass is 79.9. The molecule has 0 saturated heterocycles. The van der Waals surface area contributed by atoms with E-state index >= 15 is 0 Å². The van der Waals surface area contributed by atoms with Crippen molar-refractivity contribution in [2.75, 3.05) is 29.5 Å². The number of nitrogens with two attached hydrogens (primary N) is 1. The van der Waals surface area contributed by atoms with Crippen LogP contribution >= 0.6 is 15.9 Å². The molecule has 0 spiro atoms. The molecular formula is C27H27BrN4O. The van der Waals surface area contributed by atoms with Crippen molar-refractivity contribution in [1.82, 2.24) is 4.90 Å². The molecule has 0 aromatic heterocycles. The maximum Gasteiger partial charge on any atom is 0.258 e. The first-order valence-corrected chi connectivity index (χ1v) is 12.0. The third-order valence-electron chi connectivity index (χ3n) is 6.42. The number of carbonyl (C=O) groups is 1. The van der Waals surface area contributed by atoms with Crippen molar-refractivity contribution in [1.29, 1.82) is 0 Å². The van der Waals surface area contributed by atoms with Gasteiger partial charge in [0, 0.05) is 52.4 Å². The van der Waals surface area contributed by atoms with Gasteiger partial charge in [0.1, 0.15) is 0 Å². The third-order valence-corrected chi connectivity index (χ3v) is 6.91. The number of hydrogen-bond donors (Lipinski definition) is 3. The second-order valence-corrected chi connectivity index (χ2v) is 9.69. The van der Waals surface area contributed by atoms with Crippen molar-refractivity contribution in [2.45, 2.75) is 26.3 Å². The summed E-state index contributed by atoms with van der Waals surface area (Å²) in [6.45, 7) is 4.99. The number of allylic oxidation sites excluding steroid dienone is 1. The molecule has 33 heavy (non-hydrogen) atoms. The van der Waals surface area contributed by atoms with Gasteiger partial charge >= 0.3 is 0 Å². The largest absolute Gasteiger partial charge is 0.399 e. The van der Waals surface area contributed by atoms with Crippen molar-refractivity contribution < 1.29 is 4.79 Å². The first-order chi connectivity index (χ1) is 16.0. The summed E-state index contributed by atoms with van der Waals surface area (Å²) in [7, 11) is 0. The van der Waals surface area contributed by atoms with E-state index in [-0.39, 0.29) is 5.91 Å². The van der Waals surface area contributed by atoms with Crippen LogP contribution in [-0.4, -0.2) is 23.9 Å². The predicted molar refractivity (Wildman–Crippen MR) is 139 cm³/mol. The van der Waals surface area contributed by atoms with Gasteiger partial charge in [0.25, 0.3) is 5.91 Å².